The predicted octanol–water partition coefficient (Wildman–Crippen LogP) is 5.28. The van der Waals surface area contributed by atoms with Gasteiger partial charge >= 0.3 is 18.2 Å². The van der Waals surface area contributed by atoms with Crippen LogP contribution in [0.4, 0.5) is 23.9 Å². The molecule has 3 atom stereocenters. The van der Waals surface area contributed by atoms with E-state index in [-0.39, 0.29) is 52.2 Å². The van der Waals surface area contributed by atoms with E-state index in [1.54, 1.807) is 33.8 Å². The molecule has 0 spiro atoms. The van der Waals surface area contributed by atoms with Crippen molar-refractivity contribution in [2.45, 2.75) is 65.0 Å². The van der Waals surface area contributed by atoms with Gasteiger partial charge in [-0.1, -0.05) is 35.9 Å². The second-order valence-corrected chi connectivity index (χ2v) is 13.4. The highest BCUT2D eigenvalue weighted by molar-refractivity contribution is 9.10. The number of ether oxygens (including phenoxy) is 2. The van der Waals surface area contributed by atoms with Gasteiger partial charge in [-0.2, -0.15) is 13.2 Å². The number of nitrogens with one attached hydrogen (secondary N) is 1. The number of nitrogens with two attached hydrogens (primary N) is 1. The maximum absolute atomic E-state index is 14.1. The molecule has 17 heteroatoms. The molecule has 278 valence electrons. The lowest BCUT2D eigenvalue weighted by Crippen LogP contribution is -2.46. The summed E-state index contributed by atoms with van der Waals surface area (Å²) in [7, 11) is 1.18. The minimum absolute atomic E-state index is 0.0645. The number of nitrogens with zero attached hydrogens (tertiary/aromatic N) is 4. The molecule has 1 aliphatic rings. The first-order chi connectivity index (χ1) is 24.3. The van der Waals surface area contributed by atoms with E-state index in [1.165, 1.54) is 52.9 Å². The number of esters is 1. The minimum atomic E-state index is -4.68. The number of halogens is 4. The topological polar surface area (TPSA) is 166 Å². The van der Waals surface area contributed by atoms with Crippen LogP contribution in [0.2, 0.25) is 0 Å². The Morgan fingerprint density at radius 3 is 2.35 bits per heavy atom. The van der Waals surface area contributed by atoms with Crippen molar-refractivity contribution in [2.75, 3.05) is 19.2 Å². The number of alkyl halides is 3. The Kier molecular flexibility index (Phi) is 12.3. The molecule has 1 aromatic heterocycles. The van der Waals surface area contributed by atoms with Gasteiger partial charge in [0.2, 0.25) is 12.7 Å². The first kappa shape index (κ1) is 39.8. The van der Waals surface area contributed by atoms with Crippen LogP contribution in [0.15, 0.2) is 64.4 Å². The highest BCUT2D eigenvalue weighted by Gasteiger charge is 2.36. The molecule has 3 aromatic rings. The molecule has 0 saturated heterocycles. The lowest BCUT2D eigenvalue weighted by Gasteiger charge is -2.35. The zero-order valence-corrected chi connectivity index (χ0v) is 30.6. The maximum atomic E-state index is 14.1. The Bertz CT molecular complexity index is 1930. The summed E-state index contributed by atoms with van der Waals surface area (Å²) in [5, 5.41) is 3.10. The molecular weight excluding hydrogens is 753 g/mol. The van der Waals surface area contributed by atoms with Gasteiger partial charge in [-0.25, -0.2) is 19.2 Å². The van der Waals surface area contributed by atoms with Crippen molar-refractivity contribution in [1.29, 1.82) is 0 Å². The van der Waals surface area contributed by atoms with Crippen molar-refractivity contribution in [3.05, 3.63) is 97.9 Å². The van der Waals surface area contributed by atoms with Crippen LogP contribution < -0.4 is 16.6 Å². The van der Waals surface area contributed by atoms with Gasteiger partial charge in [-0.15, -0.1) is 6.58 Å². The molecule has 0 bridgehead atoms. The van der Waals surface area contributed by atoms with Gasteiger partial charge in [0.15, 0.2) is 0 Å². The summed E-state index contributed by atoms with van der Waals surface area (Å²) in [6.45, 7) is 9.78. The number of hydrogen-bond donors (Lipinski definition) is 2. The summed E-state index contributed by atoms with van der Waals surface area (Å²) < 4.78 is 51.5. The molecule has 3 amide bonds. The summed E-state index contributed by atoms with van der Waals surface area (Å²) in [4.78, 5) is 71.7. The molecule has 0 aliphatic carbocycles. The Hall–Kier alpha value is -5.03. The molecule has 3 N–H and O–H groups in total. The largest absolute Gasteiger partial charge is 0.427 e. The highest BCUT2D eigenvalue weighted by atomic mass is 79.9. The molecule has 1 aliphatic heterocycles. The van der Waals surface area contributed by atoms with Crippen molar-refractivity contribution >= 4 is 45.8 Å². The zero-order chi connectivity index (χ0) is 38.7. The number of imide groups is 1. The summed E-state index contributed by atoms with van der Waals surface area (Å²) in [5.74, 6) is -2.27. The van der Waals surface area contributed by atoms with E-state index >= 15 is 0 Å². The van der Waals surface area contributed by atoms with E-state index in [9.17, 15) is 37.1 Å². The number of anilines is 1. The highest BCUT2D eigenvalue weighted by Crippen LogP contribution is 2.36. The van der Waals surface area contributed by atoms with Crippen molar-refractivity contribution in [1.82, 2.24) is 19.4 Å². The number of carbonyl (C=O) groups excluding carboxylic acids is 4. The molecule has 4 rings (SSSR count). The summed E-state index contributed by atoms with van der Waals surface area (Å²) in [6.07, 6.45) is -4.12. The van der Waals surface area contributed by atoms with E-state index < -0.39 is 60.1 Å². The normalized spacial score (nSPS) is 15.3. The third kappa shape index (κ3) is 8.70. The number of fused-ring (bicyclic) bond motifs is 1. The van der Waals surface area contributed by atoms with E-state index in [1.807, 2.05) is 0 Å². The minimum Gasteiger partial charge on any atom is -0.427 e. The first-order valence-electron chi connectivity index (χ1n) is 16.0. The smallest absolute Gasteiger partial charge is 0.419 e. The fraction of sp³-hybridized carbons (Fsp3) is 0.371. The average molecular weight is 792 g/mol. The van der Waals surface area contributed by atoms with Crippen LogP contribution in [0, 0.1) is 5.92 Å². The lowest BCUT2D eigenvalue weighted by atomic mass is 9.98. The second kappa shape index (κ2) is 16.1. The van der Waals surface area contributed by atoms with Crippen molar-refractivity contribution in [2.24, 2.45) is 11.7 Å². The Balaban J connectivity index is 1.59. The zero-order valence-electron chi connectivity index (χ0n) is 29.0. The van der Waals surface area contributed by atoms with Crippen molar-refractivity contribution < 1.29 is 41.8 Å². The first-order valence-corrected chi connectivity index (χ1v) is 16.8. The quantitative estimate of drug-likeness (QED) is 0.157. The van der Waals surface area contributed by atoms with E-state index in [2.05, 4.69) is 32.8 Å². The Labute approximate surface area is 305 Å². The number of rotatable bonds is 10. The number of amides is 3. The molecular formula is C35H38BrF3N6O7. The Morgan fingerprint density at radius 2 is 1.75 bits per heavy atom. The number of carbonyl (C=O) groups is 4. The standard InChI is InChI=1S/C35H38BrF3N6O7/c1-7-19(4)41-33-42-27-16-44(30(47)22-10-13-26(36)25(15-22)35(37,38)39)20(5)14-24(27)31(48)45(33)23-11-8-21(9-12-23)29(46)43(6)34(50)52-17-51-32(49)28(40)18(2)3/h7-13,15,18-20,28H,1,14,16-17,40H2,2-6H3,(H,41,42). The van der Waals surface area contributed by atoms with E-state index in [0.29, 0.717) is 16.2 Å². The van der Waals surface area contributed by atoms with Crippen LogP contribution in [0.1, 0.15) is 65.2 Å². The second-order valence-electron chi connectivity index (χ2n) is 12.5. The fourth-order valence-electron chi connectivity index (χ4n) is 5.20. The number of hydrogen-bond acceptors (Lipinski definition) is 10. The van der Waals surface area contributed by atoms with Crippen LogP contribution in [0.3, 0.4) is 0 Å². The average Bonchev–Trinajstić information content (AvgIpc) is 3.10. The van der Waals surface area contributed by atoms with Crippen molar-refractivity contribution in [3.63, 3.8) is 0 Å². The van der Waals surface area contributed by atoms with Gasteiger partial charge in [-0.05, 0) is 68.7 Å². The SMILES string of the molecule is C=CC(C)Nc1nc2c(c(=O)n1-c1ccc(C(=O)N(C)C(=O)OCOC(=O)C(N)C(C)C)cc1)CC(C)N(C(=O)c1ccc(Br)c(C(F)(F)F)c1)C2. The van der Waals surface area contributed by atoms with Crippen LogP contribution in [0.5, 0.6) is 0 Å². The van der Waals surface area contributed by atoms with Crippen LogP contribution in [-0.2, 0) is 33.4 Å². The third-order valence-electron chi connectivity index (χ3n) is 8.43. The van der Waals surface area contributed by atoms with Crippen LogP contribution in [0.25, 0.3) is 5.69 Å². The third-order valence-corrected chi connectivity index (χ3v) is 9.12. The van der Waals surface area contributed by atoms with Crippen LogP contribution in [-0.4, -0.2) is 75.2 Å². The molecule has 13 nitrogen and oxygen atoms in total. The number of benzene rings is 2. The Morgan fingerprint density at radius 1 is 1.12 bits per heavy atom. The molecule has 2 heterocycles. The van der Waals surface area contributed by atoms with Gasteiger partial charge in [0.25, 0.3) is 17.4 Å². The summed E-state index contributed by atoms with van der Waals surface area (Å²) in [5.41, 5.74) is 5.04. The lowest BCUT2D eigenvalue weighted by molar-refractivity contribution is -0.154. The molecule has 3 unspecified atom stereocenters. The molecule has 0 fully saturated rings. The van der Waals surface area contributed by atoms with Gasteiger partial charge in [-0.3, -0.25) is 19.2 Å². The maximum Gasteiger partial charge on any atom is 0.419 e. The van der Waals surface area contributed by atoms with Gasteiger partial charge in [0, 0.05) is 40.3 Å². The van der Waals surface area contributed by atoms with Crippen LogP contribution >= 0.6 is 15.9 Å². The van der Waals surface area contributed by atoms with E-state index in [0.717, 1.165) is 6.07 Å². The molecule has 0 saturated carbocycles. The summed E-state index contributed by atoms with van der Waals surface area (Å²) >= 11 is 2.89. The molecule has 52 heavy (non-hydrogen) atoms. The van der Waals surface area contributed by atoms with Gasteiger partial charge < -0.3 is 25.4 Å². The monoisotopic (exact) mass is 790 g/mol. The van der Waals surface area contributed by atoms with Crippen molar-refractivity contribution in [3.8, 4) is 5.69 Å². The van der Waals surface area contributed by atoms with E-state index in [4.69, 9.17) is 15.2 Å². The molecule has 0 radical (unpaired) electrons. The predicted molar refractivity (Wildman–Crippen MR) is 188 cm³/mol. The number of aromatic nitrogens is 2. The van der Waals surface area contributed by atoms with Gasteiger partial charge in [0.05, 0.1) is 23.5 Å². The molecule has 2 aromatic carbocycles. The fourth-order valence-corrected chi connectivity index (χ4v) is 5.68. The van der Waals surface area contributed by atoms with Gasteiger partial charge in [0.1, 0.15) is 6.04 Å². The summed E-state index contributed by atoms with van der Waals surface area (Å²) in [6, 6.07) is 7.15.